The Morgan fingerprint density at radius 1 is 1.35 bits per heavy atom. The Balaban J connectivity index is 1.71. The van der Waals surface area contributed by atoms with E-state index >= 15 is 0 Å². The lowest BCUT2D eigenvalue weighted by atomic mass is 10.1. The lowest BCUT2D eigenvalue weighted by molar-refractivity contribution is -0.127. The van der Waals surface area contributed by atoms with E-state index in [2.05, 4.69) is 21.3 Å². The van der Waals surface area contributed by atoms with Gasteiger partial charge in [0, 0.05) is 29.8 Å². The van der Waals surface area contributed by atoms with E-state index in [1.165, 1.54) is 6.07 Å². The fraction of sp³-hybridized carbons (Fsp3) is 0.429. The minimum Gasteiger partial charge on any atom is -0.423 e. The van der Waals surface area contributed by atoms with Crippen molar-refractivity contribution in [2.45, 2.75) is 44.7 Å². The van der Waals surface area contributed by atoms with Gasteiger partial charge in [0.05, 0.1) is 6.04 Å². The first-order valence-corrected chi connectivity index (χ1v) is 10.3. The first-order valence-electron chi connectivity index (χ1n) is 10.3. The number of hydrogen-bond acceptors (Lipinski definition) is 6. The van der Waals surface area contributed by atoms with Crippen LogP contribution in [0.5, 0.6) is 0 Å². The van der Waals surface area contributed by atoms with Gasteiger partial charge in [0.25, 0.3) is 0 Å². The summed E-state index contributed by atoms with van der Waals surface area (Å²) in [6.45, 7) is 3.01. The molecule has 1 aliphatic rings. The van der Waals surface area contributed by atoms with Gasteiger partial charge in [-0.15, -0.1) is 0 Å². The molecule has 0 saturated carbocycles. The van der Waals surface area contributed by atoms with Gasteiger partial charge in [0.2, 0.25) is 11.8 Å². The van der Waals surface area contributed by atoms with Crippen molar-refractivity contribution < 1.29 is 14.0 Å². The second kappa shape index (κ2) is 10.1. The molecule has 2 atom stereocenters. The molecule has 7 N–H and O–H groups in total. The number of anilines is 1. The maximum Gasteiger partial charge on any atom is 0.336 e. The molecule has 10 heteroatoms. The van der Waals surface area contributed by atoms with Crippen LogP contribution in [-0.4, -0.2) is 42.9 Å². The number of benzene rings is 1. The van der Waals surface area contributed by atoms with Crippen LogP contribution >= 0.6 is 0 Å². The summed E-state index contributed by atoms with van der Waals surface area (Å²) in [6, 6.07) is 5.44. The number of rotatable bonds is 8. The fourth-order valence-corrected chi connectivity index (χ4v) is 3.61. The normalized spacial score (nSPS) is 16.6. The maximum absolute atomic E-state index is 12.9. The number of fused-ring (bicyclic) bond motifs is 1. The van der Waals surface area contributed by atoms with E-state index < -0.39 is 11.7 Å². The number of amides is 2. The van der Waals surface area contributed by atoms with Gasteiger partial charge in [0.15, 0.2) is 5.96 Å². The van der Waals surface area contributed by atoms with Crippen LogP contribution in [0.4, 0.5) is 5.69 Å². The monoisotopic (exact) mass is 428 g/mol. The summed E-state index contributed by atoms with van der Waals surface area (Å²) in [4.78, 5) is 37.1. The molecule has 0 spiro atoms. The van der Waals surface area contributed by atoms with Crippen LogP contribution in [0.3, 0.4) is 0 Å². The Morgan fingerprint density at radius 3 is 2.87 bits per heavy atom. The number of carbonyl (C=O) groups excluding carboxylic acids is 2. The molecule has 10 nitrogen and oxygen atoms in total. The number of aryl methyl sites for hydroxylation is 1. The molecule has 1 aromatic carbocycles. The zero-order chi connectivity index (χ0) is 22.4. The minimum atomic E-state index is -0.760. The zero-order valence-corrected chi connectivity index (χ0v) is 17.4. The van der Waals surface area contributed by atoms with Crippen molar-refractivity contribution in [3.05, 3.63) is 40.2 Å². The van der Waals surface area contributed by atoms with E-state index in [0.717, 1.165) is 30.3 Å². The topological polar surface area (TPSA) is 162 Å². The van der Waals surface area contributed by atoms with Crippen molar-refractivity contribution >= 4 is 34.4 Å². The van der Waals surface area contributed by atoms with Gasteiger partial charge in [0.1, 0.15) is 11.6 Å². The lowest BCUT2D eigenvalue weighted by Gasteiger charge is -2.21. The molecule has 1 aromatic heterocycles. The summed E-state index contributed by atoms with van der Waals surface area (Å²) in [6.07, 6.45) is 2.54. The van der Waals surface area contributed by atoms with Crippen molar-refractivity contribution in [3.8, 4) is 0 Å². The van der Waals surface area contributed by atoms with Gasteiger partial charge < -0.3 is 31.4 Å². The molecule has 0 bridgehead atoms. The molecule has 1 fully saturated rings. The van der Waals surface area contributed by atoms with Gasteiger partial charge in [-0.2, -0.15) is 0 Å². The summed E-state index contributed by atoms with van der Waals surface area (Å²) in [7, 11) is 0. The Labute approximate surface area is 179 Å². The number of guanidine groups is 1. The van der Waals surface area contributed by atoms with E-state index in [-0.39, 0.29) is 23.8 Å². The number of nitrogens with two attached hydrogens (primary N) is 1. The van der Waals surface area contributed by atoms with E-state index in [4.69, 9.17) is 15.6 Å². The van der Waals surface area contributed by atoms with Crippen molar-refractivity contribution in [1.82, 2.24) is 16.0 Å². The largest absolute Gasteiger partial charge is 0.423 e. The van der Waals surface area contributed by atoms with Crippen LogP contribution in [0.1, 0.15) is 31.2 Å². The molecule has 0 unspecified atom stereocenters. The second-order valence-corrected chi connectivity index (χ2v) is 7.64. The van der Waals surface area contributed by atoms with Gasteiger partial charge in [-0.25, -0.2) is 4.79 Å². The predicted octanol–water partition coefficient (Wildman–Crippen LogP) is 0.540. The molecule has 2 amide bonds. The zero-order valence-electron chi connectivity index (χ0n) is 17.4. The molecule has 0 radical (unpaired) electrons. The summed E-state index contributed by atoms with van der Waals surface area (Å²) in [5.74, 6) is -0.728. The summed E-state index contributed by atoms with van der Waals surface area (Å²) >= 11 is 0. The Kier molecular flexibility index (Phi) is 7.24. The number of carbonyl (C=O) groups is 2. The van der Waals surface area contributed by atoms with Gasteiger partial charge in [-0.1, -0.05) is 0 Å². The van der Waals surface area contributed by atoms with Gasteiger partial charge in [-0.05, 0) is 56.8 Å². The fourth-order valence-electron chi connectivity index (χ4n) is 3.61. The third-order valence-electron chi connectivity index (χ3n) is 5.21. The average molecular weight is 428 g/mol. The Hall–Kier alpha value is -3.40. The predicted molar refractivity (Wildman–Crippen MR) is 118 cm³/mol. The van der Waals surface area contributed by atoms with Crippen molar-refractivity contribution in [2.75, 3.05) is 18.4 Å². The SMILES string of the molecule is Cc1cc(=O)oc2cc(NC(=O)[C@H](CCCNC(=N)N)NC(=O)[C@@H]3CCCN3)ccc12. The summed E-state index contributed by atoms with van der Waals surface area (Å²) < 4.78 is 5.23. The summed E-state index contributed by atoms with van der Waals surface area (Å²) in [5, 5.41) is 19.4. The number of hydrogen-bond donors (Lipinski definition) is 6. The second-order valence-electron chi connectivity index (χ2n) is 7.64. The maximum atomic E-state index is 12.9. The highest BCUT2D eigenvalue weighted by molar-refractivity contribution is 5.99. The molecule has 166 valence electrons. The molecular weight excluding hydrogens is 400 g/mol. The van der Waals surface area contributed by atoms with Crippen molar-refractivity contribution in [3.63, 3.8) is 0 Å². The van der Waals surface area contributed by atoms with Crippen LogP contribution in [0.15, 0.2) is 33.5 Å². The van der Waals surface area contributed by atoms with Crippen LogP contribution in [-0.2, 0) is 9.59 Å². The highest BCUT2D eigenvalue weighted by Gasteiger charge is 2.27. The first-order chi connectivity index (χ1) is 14.8. The molecule has 3 rings (SSSR count). The molecular formula is C21H28N6O4. The number of nitrogens with one attached hydrogen (secondary N) is 5. The highest BCUT2D eigenvalue weighted by Crippen LogP contribution is 2.21. The lowest BCUT2D eigenvalue weighted by Crippen LogP contribution is -2.50. The molecule has 2 aromatic rings. The van der Waals surface area contributed by atoms with E-state index in [9.17, 15) is 14.4 Å². The van der Waals surface area contributed by atoms with Crippen LogP contribution in [0.25, 0.3) is 11.0 Å². The quantitative estimate of drug-likeness (QED) is 0.155. The van der Waals surface area contributed by atoms with Gasteiger partial charge >= 0.3 is 5.63 Å². The molecule has 1 aliphatic heterocycles. The van der Waals surface area contributed by atoms with Crippen molar-refractivity contribution in [1.29, 1.82) is 5.41 Å². The van der Waals surface area contributed by atoms with Crippen LogP contribution in [0.2, 0.25) is 0 Å². The van der Waals surface area contributed by atoms with E-state index in [1.54, 1.807) is 18.2 Å². The van der Waals surface area contributed by atoms with E-state index in [1.807, 2.05) is 6.92 Å². The van der Waals surface area contributed by atoms with Gasteiger partial charge in [-0.3, -0.25) is 15.0 Å². The molecule has 1 saturated heterocycles. The molecule has 0 aliphatic carbocycles. The first kappa shape index (κ1) is 22.3. The molecule has 31 heavy (non-hydrogen) atoms. The Morgan fingerprint density at radius 2 is 2.16 bits per heavy atom. The average Bonchev–Trinajstić information content (AvgIpc) is 3.24. The summed E-state index contributed by atoms with van der Waals surface area (Å²) in [5.41, 5.74) is 6.46. The Bertz CT molecular complexity index is 1030. The molecule has 2 heterocycles. The smallest absolute Gasteiger partial charge is 0.336 e. The third kappa shape index (κ3) is 6.05. The van der Waals surface area contributed by atoms with E-state index in [0.29, 0.717) is 30.7 Å². The minimum absolute atomic E-state index is 0.145. The van der Waals surface area contributed by atoms with Crippen molar-refractivity contribution in [2.24, 2.45) is 5.73 Å². The standard InChI is InChI=1S/C21H28N6O4/c1-12-10-18(28)31-17-11-13(6-7-14(12)17)26-20(30)16(5-3-9-25-21(22)23)27-19(29)15-4-2-8-24-15/h6-7,10-11,15-16,24H,2-5,8-9H2,1H3,(H,26,30)(H,27,29)(H4,22,23,25)/t15-,16-/m0/s1. The van der Waals surface area contributed by atoms with Crippen LogP contribution < -0.4 is 32.6 Å². The third-order valence-corrected chi connectivity index (χ3v) is 5.21. The van der Waals surface area contributed by atoms with Crippen LogP contribution in [0, 0.1) is 12.3 Å². The highest BCUT2D eigenvalue weighted by atomic mass is 16.4.